The van der Waals surface area contributed by atoms with Crippen molar-refractivity contribution in [3.63, 3.8) is 0 Å². The van der Waals surface area contributed by atoms with Crippen molar-refractivity contribution in [2.24, 2.45) is 0 Å². The standard InChI is InChI=1S/C31H27NO3/c1-16-7-8-22(11-17(16)2)27-28-24-12-18(3)19(4)14-26(24)35-31(33)30(28)32-10-9-21-15-25(34-6)20(5)13-23(21)29(27)32/h7-15H,1-6H3. The summed E-state index contributed by atoms with van der Waals surface area (Å²) in [6.07, 6.45) is 1.98. The first kappa shape index (κ1) is 21.5. The fourth-order valence-corrected chi connectivity index (χ4v) is 5.28. The summed E-state index contributed by atoms with van der Waals surface area (Å²) in [5.74, 6) is 0.849. The van der Waals surface area contributed by atoms with Gasteiger partial charge in [-0.1, -0.05) is 18.2 Å². The Balaban J connectivity index is 1.95. The van der Waals surface area contributed by atoms with Gasteiger partial charge in [0.25, 0.3) is 0 Å². The van der Waals surface area contributed by atoms with Crippen LogP contribution in [-0.4, -0.2) is 11.5 Å². The SMILES string of the molecule is COc1cc2ccn3c(c(-c4ccc(C)c(C)c4)c4c5cc(C)c(C)cc5oc(=O)c43)c2cc1C. The summed E-state index contributed by atoms with van der Waals surface area (Å²) < 4.78 is 13.5. The van der Waals surface area contributed by atoms with E-state index in [1.165, 1.54) is 16.7 Å². The van der Waals surface area contributed by atoms with Crippen molar-refractivity contribution in [3.8, 4) is 16.9 Å². The molecule has 0 bridgehead atoms. The first-order valence-electron chi connectivity index (χ1n) is 11.8. The van der Waals surface area contributed by atoms with Gasteiger partial charge < -0.3 is 13.6 Å². The van der Waals surface area contributed by atoms with Crippen LogP contribution in [0.15, 0.2) is 63.9 Å². The number of hydrogen-bond donors (Lipinski definition) is 0. The van der Waals surface area contributed by atoms with Crippen molar-refractivity contribution in [3.05, 3.63) is 93.0 Å². The molecule has 4 heteroatoms. The highest BCUT2D eigenvalue weighted by Gasteiger charge is 2.23. The smallest absolute Gasteiger partial charge is 0.361 e. The molecule has 6 rings (SSSR count). The van der Waals surface area contributed by atoms with Crippen LogP contribution in [0.5, 0.6) is 5.75 Å². The molecule has 35 heavy (non-hydrogen) atoms. The van der Waals surface area contributed by atoms with Crippen LogP contribution in [0.4, 0.5) is 0 Å². The van der Waals surface area contributed by atoms with Gasteiger partial charge >= 0.3 is 5.63 Å². The van der Waals surface area contributed by atoms with E-state index in [1.54, 1.807) is 7.11 Å². The molecule has 0 unspecified atom stereocenters. The van der Waals surface area contributed by atoms with Crippen LogP contribution < -0.4 is 10.4 Å². The molecule has 0 aliphatic rings. The molecule has 0 aliphatic carbocycles. The molecule has 174 valence electrons. The van der Waals surface area contributed by atoms with Crippen molar-refractivity contribution in [1.82, 2.24) is 4.40 Å². The van der Waals surface area contributed by atoms with Gasteiger partial charge in [0.1, 0.15) is 16.8 Å². The molecule has 0 aliphatic heterocycles. The number of benzene rings is 3. The lowest BCUT2D eigenvalue weighted by molar-refractivity contribution is 0.412. The van der Waals surface area contributed by atoms with Crippen molar-refractivity contribution in [2.45, 2.75) is 34.6 Å². The number of aromatic nitrogens is 1. The molecule has 0 amide bonds. The highest BCUT2D eigenvalue weighted by molar-refractivity contribution is 6.21. The maximum atomic E-state index is 13.5. The minimum absolute atomic E-state index is 0.328. The number of fused-ring (bicyclic) bond motifs is 7. The molecule has 3 aromatic heterocycles. The number of nitrogens with zero attached hydrogens (tertiary/aromatic N) is 1. The molecule has 6 aromatic rings. The Labute approximate surface area is 203 Å². The zero-order valence-electron chi connectivity index (χ0n) is 20.9. The third-order valence-electron chi connectivity index (χ3n) is 7.49. The Morgan fingerprint density at radius 1 is 0.743 bits per heavy atom. The van der Waals surface area contributed by atoms with E-state index < -0.39 is 0 Å². The van der Waals surface area contributed by atoms with Crippen LogP contribution in [-0.2, 0) is 0 Å². The molecule has 0 saturated carbocycles. The minimum Gasteiger partial charge on any atom is -0.496 e. The maximum Gasteiger partial charge on any atom is 0.361 e. The van der Waals surface area contributed by atoms with Gasteiger partial charge in [-0.2, -0.15) is 0 Å². The topological polar surface area (TPSA) is 43.9 Å². The van der Waals surface area contributed by atoms with Crippen molar-refractivity contribution in [2.75, 3.05) is 7.11 Å². The lowest BCUT2D eigenvalue weighted by Gasteiger charge is -2.11. The Kier molecular flexibility index (Phi) is 4.59. The third kappa shape index (κ3) is 3.02. The van der Waals surface area contributed by atoms with Crippen LogP contribution in [0.2, 0.25) is 0 Å². The molecular weight excluding hydrogens is 434 g/mol. The van der Waals surface area contributed by atoms with E-state index in [-0.39, 0.29) is 5.63 Å². The summed E-state index contributed by atoms with van der Waals surface area (Å²) in [5, 5.41) is 4.03. The van der Waals surface area contributed by atoms with Gasteiger partial charge in [0, 0.05) is 27.9 Å². The van der Waals surface area contributed by atoms with Crippen LogP contribution in [0.25, 0.3) is 49.3 Å². The van der Waals surface area contributed by atoms with E-state index in [0.717, 1.165) is 55.1 Å². The van der Waals surface area contributed by atoms with Crippen LogP contribution >= 0.6 is 0 Å². The number of aryl methyl sites for hydroxylation is 5. The molecule has 0 N–H and O–H groups in total. The second kappa shape index (κ2) is 7.47. The highest BCUT2D eigenvalue weighted by atomic mass is 16.5. The Bertz CT molecular complexity index is 1900. The van der Waals surface area contributed by atoms with Gasteiger partial charge in [-0.3, -0.25) is 0 Å². The zero-order valence-corrected chi connectivity index (χ0v) is 20.9. The predicted molar refractivity (Wildman–Crippen MR) is 144 cm³/mol. The number of pyridine rings is 1. The molecule has 0 fully saturated rings. The van der Waals surface area contributed by atoms with Gasteiger partial charge in [-0.25, -0.2) is 4.79 Å². The number of methoxy groups -OCH3 is 1. The van der Waals surface area contributed by atoms with Gasteiger partial charge in [0.2, 0.25) is 0 Å². The van der Waals surface area contributed by atoms with E-state index in [1.807, 2.05) is 29.7 Å². The quantitative estimate of drug-likeness (QED) is 0.250. The normalized spacial score (nSPS) is 11.8. The fraction of sp³-hybridized carbons (Fsp3) is 0.194. The number of hydrogen-bond acceptors (Lipinski definition) is 3. The van der Waals surface area contributed by atoms with Crippen molar-refractivity contribution >= 4 is 38.2 Å². The Morgan fingerprint density at radius 3 is 2.20 bits per heavy atom. The first-order chi connectivity index (χ1) is 16.8. The second-order valence-electron chi connectivity index (χ2n) is 9.66. The third-order valence-corrected chi connectivity index (χ3v) is 7.49. The maximum absolute atomic E-state index is 13.5. The zero-order chi connectivity index (χ0) is 24.6. The molecule has 3 aromatic carbocycles. The van der Waals surface area contributed by atoms with Gasteiger partial charge in [-0.15, -0.1) is 0 Å². The summed E-state index contributed by atoms with van der Waals surface area (Å²) in [7, 11) is 1.69. The lowest BCUT2D eigenvalue weighted by Crippen LogP contribution is -2.03. The Hall–Kier alpha value is -4.05. The lowest BCUT2D eigenvalue weighted by atomic mass is 9.95. The summed E-state index contributed by atoms with van der Waals surface area (Å²) in [6, 6.07) is 16.9. The van der Waals surface area contributed by atoms with E-state index >= 15 is 0 Å². The fourth-order valence-electron chi connectivity index (χ4n) is 5.28. The monoisotopic (exact) mass is 461 g/mol. The van der Waals surface area contributed by atoms with Crippen LogP contribution in [0.1, 0.15) is 27.8 Å². The van der Waals surface area contributed by atoms with E-state index in [2.05, 4.69) is 64.1 Å². The molecule has 0 spiro atoms. The van der Waals surface area contributed by atoms with Gasteiger partial charge in [0.15, 0.2) is 0 Å². The molecule has 3 heterocycles. The Morgan fingerprint density at radius 2 is 1.46 bits per heavy atom. The van der Waals surface area contributed by atoms with Crippen molar-refractivity contribution < 1.29 is 9.15 Å². The molecular formula is C31H27NO3. The summed E-state index contributed by atoms with van der Waals surface area (Å²) in [6.45, 7) is 10.4. The summed E-state index contributed by atoms with van der Waals surface area (Å²) in [4.78, 5) is 13.5. The minimum atomic E-state index is -0.328. The average Bonchev–Trinajstić information content (AvgIpc) is 3.18. The molecule has 0 atom stereocenters. The molecule has 4 nitrogen and oxygen atoms in total. The van der Waals surface area contributed by atoms with Gasteiger partial charge in [-0.05, 0) is 104 Å². The van der Waals surface area contributed by atoms with E-state index in [0.29, 0.717) is 11.1 Å². The second-order valence-corrected chi connectivity index (χ2v) is 9.66. The number of ether oxygens (including phenoxy) is 1. The summed E-state index contributed by atoms with van der Waals surface area (Å²) in [5.41, 5.74) is 9.78. The molecule has 0 radical (unpaired) electrons. The highest BCUT2D eigenvalue weighted by Crippen LogP contribution is 2.42. The number of rotatable bonds is 2. The van der Waals surface area contributed by atoms with Crippen LogP contribution in [0.3, 0.4) is 0 Å². The first-order valence-corrected chi connectivity index (χ1v) is 11.8. The average molecular weight is 462 g/mol. The summed E-state index contributed by atoms with van der Waals surface area (Å²) >= 11 is 0. The molecule has 0 saturated heterocycles. The van der Waals surface area contributed by atoms with E-state index in [9.17, 15) is 4.79 Å². The van der Waals surface area contributed by atoms with Crippen molar-refractivity contribution in [1.29, 1.82) is 0 Å². The van der Waals surface area contributed by atoms with Crippen LogP contribution in [0, 0.1) is 34.6 Å². The predicted octanol–water partition coefficient (Wildman–Crippen LogP) is 7.57. The van der Waals surface area contributed by atoms with E-state index in [4.69, 9.17) is 9.15 Å². The van der Waals surface area contributed by atoms with Gasteiger partial charge in [0.05, 0.1) is 12.6 Å². The largest absolute Gasteiger partial charge is 0.496 e.